The van der Waals surface area contributed by atoms with Crippen LogP contribution in [-0.2, 0) is 4.79 Å². The van der Waals surface area contributed by atoms with E-state index >= 15 is 0 Å². The number of aromatic nitrogens is 1. The second-order valence-electron chi connectivity index (χ2n) is 5.43. The van der Waals surface area contributed by atoms with E-state index in [1.165, 1.54) is 0 Å². The monoisotopic (exact) mass is 319 g/mol. The molecule has 0 atom stereocenters. The summed E-state index contributed by atoms with van der Waals surface area (Å²) >= 11 is 1.11. The molecule has 1 amide bonds. The fourth-order valence-electron chi connectivity index (χ4n) is 2.63. The van der Waals surface area contributed by atoms with E-state index < -0.39 is 0 Å². The molecule has 0 aliphatic carbocycles. The first-order chi connectivity index (χ1) is 10.5. The largest absolute Gasteiger partial charge is 0.340 e. The summed E-state index contributed by atoms with van der Waals surface area (Å²) < 4.78 is 0.803. The lowest BCUT2D eigenvalue weighted by Gasteiger charge is -2.33. The first kappa shape index (κ1) is 14.9. The van der Waals surface area contributed by atoms with Crippen molar-refractivity contribution in [2.24, 2.45) is 0 Å². The standard InChI is InChI=1S/C15H17N3O3S/c1-10(19)18-6-4-17(5-7-18)9-13(20)11-2-3-12-14(8-11)22-15(21)16-12/h2-3,8H,4-7,9H2,1H3,(H,16,21). The molecule has 0 bridgehead atoms. The Balaban J connectivity index is 1.66. The topological polar surface area (TPSA) is 73.5 Å². The number of thiazole rings is 1. The summed E-state index contributed by atoms with van der Waals surface area (Å²) in [7, 11) is 0. The Morgan fingerprint density at radius 3 is 2.64 bits per heavy atom. The van der Waals surface area contributed by atoms with Crippen LogP contribution < -0.4 is 4.87 Å². The quantitative estimate of drug-likeness (QED) is 0.855. The van der Waals surface area contributed by atoms with Gasteiger partial charge >= 0.3 is 4.87 Å². The van der Waals surface area contributed by atoms with Crippen molar-refractivity contribution in [1.82, 2.24) is 14.8 Å². The molecule has 116 valence electrons. The lowest BCUT2D eigenvalue weighted by atomic mass is 10.1. The summed E-state index contributed by atoms with van der Waals surface area (Å²) in [6, 6.07) is 5.29. The predicted molar refractivity (Wildman–Crippen MR) is 85.5 cm³/mol. The van der Waals surface area contributed by atoms with Crippen LogP contribution in [0.1, 0.15) is 17.3 Å². The Kier molecular flexibility index (Phi) is 4.08. The zero-order chi connectivity index (χ0) is 15.7. The lowest BCUT2D eigenvalue weighted by molar-refractivity contribution is -0.130. The van der Waals surface area contributed by atoms with Gasteiger partial charge in [0.1, 0.15) is 0 Å². The number of benzene rings is 1. The molecule has 1 saturated heterocycles. The number of Topliss-reactive ketones (excluding diaryl/α,β-unsaturated/α-hetero) is 1. The smallest absolute Gasteiger partial charge is 0.305 e. The first-order valence-corrected chi connectivity index (χ1v) is 7.98. The molecule has 1 N–H and O–H groups in total. The third kappa shape index (κ3) is 3.10. The molecule has 1 aromatic heterocycles. The molecule has 2 heterocycles. The average molecular weight is 319 g/mol. The van der Waals surface area contributed by atoms with Gasteiger partial charge in [0, 0.05) is 38.7 Å². The van der Waals surface area contributed by atoms with E-state index in [9.17, 15) is 14.4 Å². The van der Waals surface area contributed by atoms with Gasteiger partial charge in [-0.3, -0.25) is 19.3 Å². The van der Waals surface area contributed by atoms with Crippen LogP contribution in [0.25, 0.3) is 10.2 Å². The van der Waals surface area contributed by atoms with Crippen LogP contribution in [0.3, 0.4) is 0 Å². The minimum absolute atomic E-state index is 0.0408. The fourth-order valence-corrected chi connectivity index (χ4v) is 3.41. The summed E-state index contributed by atoms with van der Waals surface area (Å²) in [6.45, 7) is 4.67. The summed E-state index contributed by atoms with van der Waals surface area (Å²) in [4.78, 5) is 41.4. The molecule has 7 heteroatoms. The molecular weight excluding hydrogens is 302 g/mol. The van der Waals surface area contributed by atoms with Crippen LogP contribution in [-0.4, -0.2) is 59.2 Å². The Hall–Kier alpha value is -1.99. The molecule has 3 rings (SSSR count). The third-order valence-electron chi connectivity index (χ3n) is 3.93. The molecule has 0 spiro atoms. The summed E-state index contributed by atoms with van der Waals surface area (Å²) in [5, 5.41) is 0. The molecule has 0 saturated carbocycles. The van der Waals surface area contributed by atoms with Crippen LogP contribution in [0.5, 0.6) is 0 Å². The Labute approximate surface area is 131 Å². The third-order valence-corrected chi connectivity index (χ3v) is 4.77. The maximum Gasteiger partial charge on any atom is 0.305 e. The molecule has 1 fully saturated rings. The Bertz CT molecular complexity index is 772. The van der Waals surface area contributed by atoms with E-state index in [1.54, 1.807) is 30.0 Å². The Morgan fingerprint density at radius 1 is 1.23 bits per heavy atom. The molecule has 0 unspecified atom stereocenters. The number of aromatic amines is 1. The van der Waals surface area contributed by atoms with Gasteiger partial charge in [-0.1, -0.05) is 11.3 Å². The zero-order valence-corrected chi connectivity index (χ0v) is 13.1. The van der Waals surface area contributed by atoms with Crippen LogP contribution >= 0.6 is 11.3 Å². The maximum absolute atomic E-state index is 12.4. The normalized spacial score (nSPS) is 16.1. The van der Waals surface area contributed by atoms with Crippen molar-refractivity contribution in [2.45, 2.75) is 6.92 Å². The number of hydrogen-bond donors (Lipinski definition) is 1. The van der Waals surface area contributed by atoms with Gasteiger partial charge in [0.15, 0.2) is 5.78 Å². The highest BCUT2D eigenvalue weighted by Crippen LogP contribution is 2.17. The van der Waals surface area contributed by atoms with Gasteiger partial charge in [0.25, 0.3) is 0 Å². The van der Waals surface area contributed by atoms with E-state index in [2.05, 4.69) is 9.88 Å². The van der Waals surface area contributed by atoms with Gasteiger partial charge < -0.3 is 9.88 Å². The number of carbonyl (C=O) groups excluding carboxylic acids is 2. The number of rotatable bonds is 3. The second kappa shape index (κ2) is 6.02. The number of fused-ring (bicyclic) bond motifs is 1. The molecular formula is C15H17N3O3S. The van der Waals surface area contributed by atoms with E-state index in [-0.39, 0.29) is 16.6 Å². The van der Waals surface area contributed by atoms with Gasteiger partial charge in [0.2, 0.25) is 5.91 Å². The number of piperazine rings is 1. The molecule has 1 aliphatic heterocycles. The van der Waals surface area contributed by atoms with Crippen LogP contribution in [0.4, 0.5) is 0 Å². The number of hydrogen-bond acceptors (Lipinski definition) is 5. The zero-order valence-electron chi connectivity index (χ0n) is 12.3. The minimum atomic E-state index is -0.111. The molecule has 2 aromatic rings. The fraction of sp³-hybridized carbons (Fsp3) is 0.400. The van der Waals surface area contributed by atoms with Crippen molar-refractivity contribution < 1.29 is 9.59 Å². The number of nitrogens with one attached hydrogen (secondary N) is 1. The van der Waals surface area contributed by atoms with Crippen molar-refractivity contribution in [3.05, 3.63) is 33.4 Å². The SMILES string of the molecule is CC(=O)N1CCN(CC(=O)c2ccc3[nH]c(=O)sc3c2)CC1. The van der Waals surface area contributed by atoms with Crippen molar-refractivity contribution in [3.8, 4) is 0 Å². The van der Waals surface area contributed by atoms with E-state index in [1.807, 2.05) is 0 Å². The number of amides is 1. The molecule has 6 nitrogen and oxygen atoms in total. The van der Waals surface area contributed by atoms with Gasteiger partial charge in [-0.2, -0.15) is 0 Å². The van der Waals surface area contributed by atoms with Crippen molar-refractivity contribution in [3.63, 3.8) is 0 Å². The van der Waals surface area contributed by atoms with Crippen molar-refractivity contribution in [1.29, 1.82) is 0 Å². The maximum atomic E-state index is 12.4. The van der Waals surface area contributed by atoms with Crippen LogP contribution in [0.15, 0.2) is 23.0 Å². The highest BCUT2D eigenvalue weighted by molar-refractivity contribution is 7.16. The first-order valence-electron chi connectivity index (χ1n) is 7.17. The highest BCUT2D eigenvalue weighted by Gasteiger charge is 2.20. The second-order valence-corrected chi connectivity index (χ2v) is 6.45. The minimum Gasteiger partial charge on any atom is -0.340 e. The predicted octanol–water partition coefficient (Wildman–Crippen LogP) is 0.936. The summed E-state index contributed by atoms with van der Waals surface area (Å²) in [5.74, 6) is 0.123. The number of ketones is 1. The number of H-pyrrole nitrogens is 1. The Morgan fingerprint density at radius 2 is 1.95 bits per heavy atom. The van der Waals surface area contributed by atoms with Gasteiger partial charge in [-0.05, 0) is 18.2 Å². The van der Waals surface area contributed by atoms with Gasteiger partial charge in [-0.25, -0.2) is 0 Å². The van der Waals surface area contributed by atoms with Crippen molar-refractivity contribution >= 4 is 33.2 Å². The van der Waals surface area contributed by atoms with Gasteiger partial charge in [0.05, 0.1) is 16.8 Å². The van der Waals surface area contributed by atoms with Gasteiger partial charge in [-0.15, -0.1) is 0 Å². The molecule has 1 aliphatic rings. The van der Waals surface area contributed by atoms with E-state index in [0.717, 1.165) is 21.6 Å². The van der Waals surface area contributed by atoms with Crippen molar-refractivity contribution in [2.75, 3.05) is 32.7 Å². The molecule has 22 heavy (non-hydrogen) atoms. The van der Waals surface area contributed by atoms with E-state index in [0.29, 0.717) is 38.3 Å². The van der Waals surface area contributed by atoms with Crippen LogP contribution in [0, 0.1) is 0 Å². The average Bonchev–Trinajstić information content (AvgIpc) is 2.86. The highest BCUT2D eigenvalue weighted by atomic mass is 32.1. The molecule has 0 radical (unpaired) electrons. The van der Waals surface area contributed by atoms with E-state index in [4.69, 9.17) is 0 Å². The summed E-state index contributed by atoms with van der Waals surface area (Å²) in [6.07, 6.45) is 0. The lowest BCUT2D eigenvalue weighted by Crippen LogP contribution is -2.49. The molecule has 1 aromatic carbocycles. The van der Waals surface area contributed by atoms with Crippen LogP contribution in [0.2, 0.25) is 0 Å². The number of carbonyl (C=O) groups is 2. The number of nitrogens with zero attached hydrogens (tertiary/aromatic N) is 2. The summed E-state index contributed by atoms with van der Waals surface area (Å²) in [5.41, 5.74) is 1.39.